The Labute approximate surface area is 103 Å². The molecule has 0 atom stereocenters. The van der Waals surface area contributed by atoms with Gasteiger partial charge in [0.05, 0.1) is 6.42 Å². The van der Waals surface area contributed by atoms with Gasteiger partial charge in [-0.15, -0.1) is 12.4 Å². The number of nitrogen functional groups attached to an aromatic ring is 1. The molecule has 0 aromatic heterocycles. The van der Waals surface area contributed by atoms with E-state index in [4.69, 9.17) is 5.73 Å². The number of carbonyl (C=O) groups is 1. The van der Waals surface area contributed by atoms with Crippen LogP contribution in [0.4, 0.5) is 5.69 Å². The normalized spacial score (nSPS) is 9.69. The van der Waals surface area contributed by atoms with Crippen LogP contribution in [0.5, 0.6) is 0 Å². The Hall–Kier alpha value is -1.22. The van der Waals surface area contributed by atoms with E-state index in [0.717, 1.165) is 17.8 Å². The van der Waals surface area contributed by atoms with E-state index in [1.807, 2.05) is 24.3 Å². The fourth-order valence-corrected chi connectivity index (χ4v) is 1.20. The van der Waals surface area contributed by atoms with Gasteiger partial charge in [0.15, 0.2) is 0 Å². The highest BCUT2D eigenvalue weighted by Gasteiger charge is 2.03. The third kappa shape index (κ3) is 5.61. The summed E-state index contributed by atoms with van der Waals surface area (Å²) in [7, 11) is 0. The summed E-state index contributed by atoms with van der Waals surface area (Å²) in [5.41, 5.74) is 7.27. The van der Waals surface area contributed by atoms with E-state index in [-0.39, 0.29) is 18.3 Å². The van der Waals surface area contributed by atoms with Crippen LogP contribution in [0.25, 0.3) is 0 Å². The molecule has 0 saturated heterocycles. The molecule has 0 saturated carbocycles. The number of nitrogens with one attached hydrogen (secondary N) is 1. The first kappa shape index (κ1) is 14.8. The SMILES string of the molecule is CC(C)CNC(=O)Cc1ccc(N)cc1.Cl. The van der Waals surface area contributed by atoms with Crippen LogP contribution in [-0.4, -0.2) is 12.5 Å². The van der Waals surface area contributed by atoms with Gasteiger partial charge in [-0.05, 0) is 23.6 Å². The minimum absolute atomic E-state index is 0. The summed E-state index contributed by atoms with van der Waals surface area (Å²) in [6.07, 6.45) is 0.424. The Morgan fingerprint density at radius 2 is 1.88 bits per heavy atom. The maximum atomic E-state index is 11.5. The first-order valence-corrected chi connectivity index (χ1v) is 5.19. The topological polar surface area (TPSA) is 55.1 Å². The highest BCUT2D eigenvalue weighted by Crippen LogP contribution is 2.05. The Balaban J connectivity index is 0.00000225. The van der Waals surface area contributed by atoms with E-state index in [1.165, 1.54) is 0 Å². The van der Waals surface area contributed by atoms with Crippen molar-refractivity contribution in [3.8, 4) is 0 Å². The zero-order chi connectivity index (χ0) is 11.3. The van der Waals surface area contributed by atoms with Gasteiger partial charge in [0.2, 0.25) is 5.91 Å². The number of nitrogens with two attached hydrogens (primary N) is 1. The molecule has 3 nitrogen and oxygen atoms in total. The lowest BCUT2D eigenvalue weighted by atomic mass is 10.1. The molecule has 0 aliphatic rings. The Kier molecular flexibility index (Phi) is 6.58. The van der Waals surface area contributed by atoms with Gasteiger partial charge in [0.1, 0.15) is 0 Å². The highest BCUT2D eigenvalue weighted by atomic mass is 35.5. The lowest BCUT2D eigenvalue weighted by Gasteiger charge is -2.07. The van der Waals surface area contributed by atoms with Crippen LogP contribution >= 0.6 is 12.4 Å². The molecule has 16 heavy (non-hydrogen) atoms. The molecule has 0 fully saturated rings. The van der Waals surface area contributed by atoms with Crippen molar-refractivity contribution in [2.75, 3.05) is 12.3 Å². The minimum atomic E-state index is 0. The lowest BCUT2D eigenvalue weighted by Crippen LogP contribution is -2.28. The van der Waals surface area contributed by atoms with Crippen LogP contribution < -0.4 is 11.1 Å². The van der Waals surface area contributed by atoms with Crippen LogP contribution in [0.2, 0.25) is 0 Å². The van der Waals surface area contributed by atoms with Gasteiger partial charge in [0.25, 0.3) is 0 Å². The molecule has 0 heterocycles. The number of amides is 1. The minimum Gasteiger partial charge on any atom is -0.399 e. The van der Waals surface area contributed by atoms with Crippen molar-refractivity contribution >= 4 is 24.0 Å². The average Bonchev–Trinajstić information content (AvgIpc) is 2.19. The zero-order valence-corrected chi connectivity index (χ0v) is 10.5. The number of anilines is 1. The molecule has 1 aromatic carbocycles. The molecule has 0 bridgehead atoms. The standard InChI is InChI=1S/C12H18N2O.ClH/c1-9(2)8-14-12(15)7-10-3-5-11(13)6-4-10;/h3-6,9H,7-8,13H2,1-2H3,(H,14,15);1H. The van der Waals surface area contributed by atoms with Gasteiger partial charge < -0.3 is 11.1 Å². The molecule has 1 aromatic rings. The molecule has 0 aliphatic carbocycles. The van der Waals surface area contributed by atoms with Crippen molar-refractivity contribution in [1.82, 2.24) is 5.32 Å². The van der Waals surface area contributed by atoms with E-state index in [0.29, 0.717) is 12.3 Å². The summed E-state index contributed by atoms with van der Waals surface area (Å²) >= 11 is 0. The molecule has 3 N–H and O–H groups in total. The van der Waals surface area contributed by atoms with Crippen molar-refractivity contribution in [3.63, 3.8) is 0 Å². The monoisotopic (exact) mass is 242 g/mol. The predicted octanol–water partition coefficient (Wildman–Crippen LogP) is 2.01. The summed E-state index contributed by atoms with van der Waals surface area (Å²) in [5.74, 6) is 0.550. The average molecular weight is 243 g/mol. The van der Waals surface area contributed by atoms with E-state index in [9.17, 15) is 4.79 Å². The fraction of sp³-hybridized carbons (Fsp3) is 0.417. The van der Waals surface area contributed by atoms with Gasteiger partial charge in [0, 0.05) is 12.2 Å². The van der Waals surface area contributed by atoms with E-state index in [2.05, 4.69) is 19.2 Å². The third-order valence-electron chi connectivity index (χ3n) is 2.05. The second kappa shape index (κ2) is 7.12. The molecule has 1 amide bonds. The molecule has 90 valence electrons. The molecule has 1 rings (SSSR count). The Morgan fingerprint density at radius 1 is 1.31 bits per heavy atom. The Morgan fingerprint density at radius 3 is 2.38 bits per heavy atom. The number of rotatable bonds is 4. The van der Waals surface area contributed by atoms with Crippen molar-refractivity contribution in [2.24, 2.45) is 5.92 Å². The lowest BCUT2D eigenvalue weighted by molar-refractivity contribution is -0.120. The number of hydrogen-bond acceptors (Lipinski definition) is 2. The number of carbonyl (C=O) groups excluding carboxylic acids is 1. The molecule has 0 radical (unpaired) electrons. The summed E-state index contributed by atoms with van der Waals surface area (Å²) in [6, 6.07) is 7.38. The number of halogens is 1. The summed E-state index contributed by atoms with van der Waals surface area (Å²) in [6.45, 7) is 4.88. The summed E-state index contributed by atoms with van der Waals surface area (Å²) in [4.78, 5) is 11.5. The molecule has 4 heteroatoms. The van der Waals surface area contributed by atoms with Crippen molar-refractivity contribution in [1.29, 1.82) is 0 Å². The fourth-order valence-electron chi connectivity index (χ4n) is 1.20. The highest BCUT2D eigenvalue weighted by molar-refractivity contribution is 5.85. The predicted molar refractivity (Wildman–Crippen MR) is 69.7 cm³/mol. The van der Waals surface area contributed by atoms with Gasteiger partial charge >= 0.3 is 0 Å². The van der Waals surface area contributed by atoms with Crippen molar-refractivity contribution < 1.29 is 4.79 Å². The third-order valence-corrected chi connectivity index (χ3v) is 2.05. The second-order valence-electron chi connectivity index (χ2n) is 4.12. The van der Waals surface area contributed by atoms with Crippen LogP contribution in [0.1, 0.15) is 19.4 Å². The first-order valence-electron chi connectivity index (χ1n) is 5.19. The zero-order valence-electron chi connectivity index (χ0n) is 9.69. The van der Waals surface area contributed by atoms with Gasteiger partial charge in [-0.2, -0.15) is 0 Å². The summed E-state index contributed by atoms with van der Waals surface area (Å²) in [5, 5.41) is 2.88. The largest absolute Gasteiger partial charge is 0.399 e. The number of benzene rings is 1. The van der Waals surface area contributed by atoms with Gasteiger partial charge in [-0.1, -0.05) is 26.0 Å². The molecular weight excluding hydrogens is 224 g/mol. The number of hydrogen-bond donors (Lipinski definition) is 2. The molecule has 0 aliphatic heterocycles. The van der Waals surface area contributed by atoms with E-state index >= 15 is 0 Å². The smallest absolute Gasteiger partial charge is 0.224 e. The second-order valence-corrected chi connectivity index (χ2v) is 4.12. The first-order chi connectivity index (χ1) is 7.08. The quantitative estimate of drug-likeness (QED) is 0.794. The van der Waals surface area contributed by atoms with Crippen LogP contribution in [-0.2, 0) is 11.2 Å². The van der Waals surface area contributed by atoms with Gasteiger partial charge in [-0.25, -0.2) is 0 Å². The maximum absolute atomic E-state index is 11.5. The van der Waals surface area contributed by atoms with Crippen molar-refractivity contribution in [3.05, 3.63) is 29.8 Å². The summed E-state index contributed by atoms with van der Waals surface area (Å²) < 4.78 is 0. The molecule has 0 unspecified atom stereocenters. The van der Waals surface area contributed by atoms with E-state index in [1.54, 1.807) is 0 Å². The van der Waals surface area contributed by atoms with Crippen LogP contribution in [0.15, 0.2) is 24.3 Å². The van der Waals surface area contributed by atoms with Crippen molar-refractivity contribution in [2.45, 2.75) is 20.3 Å². The maximum Gasteiger partial charge on any atom is 0.224 e. The van der Waals surface area contributed by atoms with Crippen LogP contribution in [0.3, 0.4) is 0 Å². The molecule has 0 spiro atoms. The van der Waals surface area contributed by atoms with E-state index < -0.39 is 0 Å². The Bertz CT molecular complexity index is 322. The van der Waals surface area contributed by atoms with Gasteiger partial charge in [-0.3, -0.25) is 4.79 Å². The van der Waals surface area contributed by atoms with Crippen LogP contribution in [0, 0.1) is 5.92 Å². The molecular formula is C12H19ClN2O.